The van der Waals surface area contributed by atoms with E-state index in [1.165, 1.54) is 23.4 Å². The molecule has 0 saturated carbocycles. The Kier molecular flexibility index (Phi) is 5.43. The van der Waals surface area contributed by atoms with Crippen LogP contribution in [0.4, 0.5) is 0 Å². The first-order valence-corrected chi connectivity index (χ1v) is 9.05. The molecule has 0 amide bonds. The van der Waals surface area contributed by atoms with Crippen molar-refractivity contribution in [3.05, 3.63) is 0 Å². The molecule has 1 rings (SSSR count). The van der Waals surface area contributed by atoms with Gasteiger partial charge in [0.15, 0.2) is 0 Å². The molecule has 114 valence electrons. The Bertz CT molecular complexity index is 387. The molecule has 19 heavy (non-hydrogen) atoms. The minimum Gasteiger partial charge on any atom is -0.296 e. The van der Waals surface area contributed by atoms with Crippen LogP contribution in [-0.2, 0) is 10.0 Å². The molecular formula is C14H30N2O2S. The molecule has 0 spiro atoms. The van der Waals surface area contributed by atoms with Gasteiger partial charge in [0, 0.05) is 25.7 Å². The summed E-state index contributed by atoms with van der Waals surface area (Å²) in [6.07, 6.45) is 4.81. The molecule has 0 aliphatic carbocycles. The van der Waals surface area contributed by atoms with E-state index in [-0.39, 0.29) is 5.41 Å². The van der Waals surface area contributed by atoms with Gasteiger partial charge in [0.1, 0.15) is 0 Å². The Hall–Kier alpha value is -0.130. The van der Waals surface area contributed by atoms with Gasteiger partial charge in [-0.25, -0.2) is 12.7 Å². The fraction of sp³-hybridized carbons (Fsp3) is 1.00. The predicted molar refractivity (Wildman–Crippen MR) is 80.7 cm³/mol. The molecule has 0 aromatic carbocycles. The third-order valence-corrected chi connectivity index (χ3v) is 5.74. The zero-order valence-electron chi connectivity index (χ0n) is 13.3. The van der Waals surface area contributed by atoms with E-state index in [1.54, 1.807) is 7.05 Å². The van der Waals surface area contributed by atoms with Gasteiger partial charge in [0.05, 0.1) is 6.26 Å². The fourth-order valence-electron chi connectivity index (χ4n) is 2.66. The maximum atomic E-state index is 11.6. The van der Waals surface area contributed by atoms with Crippen LogP contribution in [0, 0.1) is 5.41 Å². The first kappa shape index (κ1) is 16.9. The standard InChI is InChI=1S/C14H30N2O2S/c1-12(14(2,3)4)16-10-8-7-9-13(16)11-15(5)19(6,17)18/h12-13H,7-11H2,1-6H3. The minimum absolute atomic E-state index is 0.221. The third-order valence-electron chi connectivity index (χ3n) is 4.46. The van der Waals surface area contributed by atoms with Crippen LogP contribution in [0.15, 0.2) is 0 Å². The van der Waals surface area contributed by atoms with Gasteiger partial charge in [-0.2, -0.15) is 0 Å². The minimum atomic E-state index is -3.08. The molecule has 1 aliphatic heterocycles. The van der Waals surface area contributed by atoms with E-state index in [9.17, 15) is 8.42 Å². The molecular weight excluding hydrogens is 260 g/mol. The monoisotopic (exact) mass is 290 g/mol. The summed E-state index contributed by atoms with van der Waals surface area (Å²) in [5, 5.41) is 0. The smallest absolute Gasteiger partial charge is 0.211 e. The van der Waals surface area contributed by atoms with Gasteiger partial charge in [0.25, 0.3) is 0 Å². The van der Waals surface area contributed by atoms with E-state index in [0.29, 0.717) is 18.6 Å². The normalized spacial score (nSPS) is 24.7. The fourth-order valence-corrected chi connectivity index (χ4v) is 3.10. The Balaban J connectivity index is 2.79. The lowest BCUT2D eigenvalue weighted by Gasteiger charge is -2.45. The van der Waals surface area contributed by atoms with Crippen molar-refractivity contribution in [1.82, 2.24) is 9.21 Å². The molecule has 5 heteroatoms. The van der Waals surface area contributed by atoms with E-state index in [1.807, 2.05) is 0 Å². The molecule has 0 bridgehead atoms. The van der Waals surface area contributed by atoms with Crippen molar-refractivity contribution < 1.29 is 8.42 Å². The van der Waals surface area contributed by atoms with Gasteiger partial charge in [-0.3, -0.25) is 4.90 Å². The van der Waals surface area contributed by atoms with Crippen LogP contribution in [0.1, 0.15) is 47.0 Å². The maximum Gasteiger partial charge on any atom is 0.211 e. The lowest BCUT2D eigenvalue weighted by molar-refractivity contribution is 0.0381. The van der Waals surface area contributed by atoms with E-state index in [0.717, 1.165) is 13.0 Å². The number of likely N-dealkylation sites (N-methyl/N-ethyl adjacent to an activating group) is 1. The Labute approximate surface area is 119 Å². The van der Waals surface area contributed by atoms with E-state index in [2.05, 4.69) is 32.6 Å². The second-order valence-corrected chi connectivity index (χ2v) is 9.06. The Morgan fingerprint density at radius 3 is 2.37 bits per heavy atom. The quantitative estimate of drug-likeness (QED) is 0.797. The summed E-state index contributed by atoms with van der Waals surface area (Å²) < 4.78 is 24.7. The van der Waals surface area contributed by atoms with Gasteiger partial charge in [-0.15, -0.1) is 0 Å². The first-order chi connectivity index (χ1) is 8.53. The number of likely N-dealkylation sites (tertiary alicyclic amines) is 1. The van der Waals surface area contributed by atoms with Crippen LogP contribution in [0.5, 0.6) is 0 Å². The summed E-state index contributed by atoms with van der Waals surface area (Å²) in [6, 6.07) is 0.813. The van der Waals surface area contributed by atoms with E-state index >= 15 is 0 Å². The van der Waals surface area contributed by atoms with Gasteiger partial charge in [0.2, 0.25) is 10.0 Å². The number of nitrogens with zero attached hydrogens (tertiary/aromatic N) is 2. The number of sulfonamides is 1. The number of hydrogen-bond acceptors (Lipinski definition) is 3. The lowest BCUT2D eigenvalue weighted by Crippen LogP contribution is -2.53. The summed E-state index contributed by atoms with van der Waals surface area (Å²) >= 11 is 0. The molecule has 2 unspecified atom stereocenters. The summed E-state index contributed by atoms with van der Waals surface area (Å²) in [7, 11) is -1.40. The average Bonchev–Trinajstić information content (AvgIpc) is 2.26. The van der Waals surface area contributed by atoms with Gasteiger partial charge < -0.3 is 0 Å². The second-order valence-electron chi connectivity index (χ2n) is 6.97. The van der Waals surface area contributed by atoms with Crippen molar-refractivity contribution in [3.63, 3.8) is 0 Å². The van der Waals surface area contributed by atoms with Crippen LogP contribution in [0.25, 0.3) is 0 Å². The molecule has 1 heterocycles. The van der Waals surface area contributed by atoms with Gasteiger partial charge in [-0.1, -0.05) is 27.2 Å². The molecule has 0 N–H and O–H groups in total. The number of hydrogen-bond donors (Lipinski definition) is 0. The number of piperidine rings is 1. The first-order valence-electron chi connectivity index (χ1n) is 7.20. The van der Waals surface area contributed by atoms with Crippen LogP contribution in [0.3, 0.4) is 0 Å². The Morgan fingerprint density at radius 2 is 1.89 bits per heavy atom. The van der Waals surface area contributed by atoms with E-state index in [4.69, 9.17) is 0 Å². The predicted octanol–water partition coefficient (Wildman–Crippen LogP) is 2.17. The SMILES string of the molecule is CC(N1CCCCC1CN(C)S(C)(=O)=O)C(C)(C)C. The Morgan fingerprint density at radius 1 is 1.32 bits per heavy atom. The van der Waals surface area contributed by atoms with Crippen LogP contribution >= 0.6 is 0 Å². The molecule has 0 aromatic heterocycles. The molecule has 2 atom stereocenters. The second kappa shape index (κ2) is 6.10. The zero-order valence-corrected chi connectivity index (χ0v) is 14.1. The largest absolute Gasteiger partial charge is 0.296 e. The maximum absolute atomic E-state index is 11.6. The van der Waals surface area contributed by atoms with Crippen molar-refractivity contribution in [2.24, 2.45) is 5.41 Å². The topological polar surface area (TPSA) is 40.6 Å². The highest BCUT2D eigenvalue weighted by molar-refractivity contribution is 7.88. The summed E-state index contributed by atoms with van der Waals surface area (Å²) in [5.74, 6) is 0. The summed E-state index contributed by atoms with van der Waals surface area (Å²) in [6.45, 7) is 10.7. The van der Waals surface area contributed by atoms with Crippen molar-refractivity contribution in [2.75, 3.05) is 26.4 Å². The average molecular weight is 290 g/mol. The molecule has 1 aliphatic rings. The molecule has 1 saturated heterocycles. The highest BCUT2D eigenvalue weighted by Gasteiger charge is 2.34. The van der Waals surface area contributed by atoms with Crippen LogP contribution in [-0.4, -0.2) is 56.1 Å². The van der Waals surface area contributed by atoms with Crippen molar-refractivity contribution in [2.45, 2.75) is 59.0 Å². The third kappa shape index (κ3) is 4.72. The van der Waals surface area contributed by atoms with E-state index < -0.39 is 10.0 Å². The van der Waals surface area contributed by atoms with Crippen molar-refractivity contribution in [1.29, 1.82) is 0 Å². The molecule has 4 nitrogen and oxygen atoms in total. The van der Waals surface area contributed by atoms with Crippen LogP contribution < -0.4 is 0 Å². The zero-order chi connectivity index (χ0) is 14.8. The summed E-state index contributed by atoms with van der Waals surface area (Å²) in [5.41, 5.74) is 0.221. The number of rotatable bonds is 4. The highest BCUT2D eigenvalue weighted by Crippen LogP contribution is 2.30. The molecule has 0 radical (unpaired) electrons. The summed E-state index contributed by atoms with van der Waals surface area (Å²) in [4.78, 5) is 2.51. The van der Waals surface area contributed by atoms with Crippen LogP contribution in [0.2, 0.25) is 0 Å². The van der Waals surface area contributed by atoms with Crippen molar-refractivity contribution >= 4 is 10.0 Å². The van der Waals surface area contributed by atoms with Crippen molar-refractivity contribution in [3.8, 4) is 0 Å². The highest BCUT2D eigenvalue weighted by atomic mass is 32.2. The molecule has 1 fully saturated rings. The molecule has 0 aromatic rings. The lowest BCUT2D eigenvalue weighted by atomic mass is 9.84. The van der Waals surface area contributed by atoms with Gasteiger partial charge >= 0.3 is 0 Å². The van der Waals surface area contributed by atoms with Gasteiger partial charge in [-0.05, 0) is 31.7 Å².